The normalized spacial score (nSPS) is 10.4. The van der Waals surface area contributed by atoms with Crippen LogP contribution in [0.5, 0.6) is 0 Å². The number of hydrogen-bond acceptors (Lipinski definition) is 0. The first-order valence-corrected chi connectivity index (χ1v) is 11.8. The van der Waals surface area contributed by atoms with Gasteiger partial charge in [0.2, 0.25) is 0 Å². The van der Waals surface area contributed by atoms with Crippen molar-refractivity contribution >= 4 is 48.8 Å². The molecule has 0 unspecified atom stereocenters. The fourth-order valence-corrected chi connectivity index (χ4v) is 6.16. The van der Waals surface area contributed by atoms with Gasteiger partial charge in [0.15, 0.2) is 0 Å². The number of aryl methyl sites for hydroxylation is 2. The third-order valence-electron chi connectivity index (χ3n) is 5.24. The molecule has 0 amide bonds. The Morgan fingerprint density at radius 1 is 0.778 bits per heavy atom. The second-order valence-electron chi connectivity index (χ2n) is 7.35. The second-order valence-corrected chi connectivity index (χ2v) is 9.84. The first-order chi connectivity index (χ1) is 11.7. The van der Waals surface area contributed by atoms with Crippen molar-refractivity contribution in [2.45, 2.75) is 79.1 Å². The minimum Gasteiger partial charge on any atom is -0.160 e. The zero-order valence-electron chi connectivity index (χ0n) is 17.6. The SMILES string of the molecule is CCCCCCP(CCCCCC)c1cc2c(C)ccc(C)c2[cH-]1.Cl.Cl.[Hf]. The number of unbranched alkanes of at least 4 members (excludes halogenated alkanes) is 6. The molecule has 0 N–H and O–H groups in total. The average Bonchev–Trinajstić information content (AvgIpc) is 3.03. The summed E-state index contributed by atoms with van der Waals surface area (Å²) >= 11 is 0. The largest absolute Gasteiger partial charge is 0.160 e. The molecular formula is C23H38Cl2HfP-. The summed E-state index contributed by atoms with van der Waals surface area (Å²) in [5.41, 5.74) is 2.88. The van der Waals surface area contributed by atoms with Gasteiger partial charge in [-0.15, -0.1) is 58.6 Å². The van der Waals surface area contributed by atoms with Crippen LogP contribution in [0, 0.1) is 13.8 Å². The topological polar surface area (TPSA) is 0 Å². The van der Waals surface area contributed by atoms with Gasteiger partial charge in [-0.05, 0) is 32.1 Å². The van der Waals surface area contributed by atoms with Gasteiger partial charge in [0.05, 0.1) is 0 Å². The first-order valence-electron chi connectivity index (χ1n) is 10.1. The third kappa shape index (κ3) is 9.37. The third-order valence-corrected chi connectivity index (χ3v) is 7.94. The van der Waals surface area contributed by atoms with Crippen LogP contribution in [0.1, 0.15) is 76.3 Å². The van der Waals surface area contributed by atoms with Gasteiger partial charge >= 0.3 is 0 Å². The molecule has 0 radical (unpaired) electrons. The van der Waals surface area contributed by atoms with Gasteiger partial charge in [0, 0.05) is 25.8 Å². The summed E-state index contributed by atoms with van der Waals surface area (Å²) in [5, 5.41) is 4.67. The Labute approximate surface area is 200 Å². The summed E-state index contributed by atoms with van der Waals surface area (Å²) in [4.78, 5) is 0. The summed E-state index contributed by atoms with van der Waals surface area (Å²) in [5.74, 6) is 0. The van der Waals surface area contributed by atoms with E-state index in [9.17, 15) is 0 Å². The van der Waals surface area contributed by atoms with E-state index in [1.54, 1.807) is 5.30 Å². The Hall–Kier alpha value is 0.710. The number of rotatable bonds is 11. The van der Waals surface area contributed by atoms with Crippen molar-refractivity contribution in [1.82, 2.24) is 0 Å². The fraction of sp³-hybridized carbons (Fsp3) is 0.609. The van der Waals surface area contributed by atoms with E-state index in [2.05, 4.69) is 52.0 Å². The van der Waals surface area contributed by atoms with Crippen molar-refractivity contribution in [2.75, 3.05) is 12.3 Å². The number of benzene rings is 1. The summed E-state index contributed by atoms with van der Waals surface area (Å²) in [6, 6.07) is 9.63. The summed E-state index contributed by atoms with van der Waals surface area (Å²) in [6.45, 7) is 9.14. The Bertz CT molecular complexity index is 573. The number of fused-ring (bicyclic) bond motifs is 1. The van der Waals surface area contributed by atoms with E-state index in [4.69, 9.17) is 0 Å². The molecule has 154 valence electrons. The summed E-state index contributed by atoms with van der Waals surface area (Å²) < 4.78 is 0. The maximum atomic E-state index is 2.53. The van der Waals surface area contributed by atoms with Crippen LogP contribution in [0.2, 0.25) is 0 Å². The van der Waals surface area contributed by atoms with E-state index in [1.165, 1.54) is 85.6 Å². The van der Waals surface area contributed by atoms with Crippen molar-refractivity contribution < 1.29 is 25.8 Å². The molecule has 0 saturated carbocycles. The molecule has 2 aromatic rings. The van der Waals surface area contributed by atoms with Crippen molar-refractivity contribution in [3.8, 4) is 0 Å². The Kier molecular flexibility index (Phi) is 18.3. The van der Waals surface area contributed by atoms with E-state index in [-0.39, 0.29) is 58.6 Å². The van der Waals surface area contributed by atoms with Crippen LogP contribution in [-0.4, -0.2) is 12.3 Å². The average molecular weight is 595 g/mol. The van der Waals surface area contributed by atoms with E-state index < -0.39 is 0 Å². The maximum Gasteiger partial charge on any atom is 0 e. The predicted octanol–water partition coefficient (Wildman–Crippen LogP) is 8.28. The molecule has 0 bridgehead atoms. The first kappa shape index (κ1) is 29.9. The van der Waals surface area contributed by atoms with Crippen molar-refractivity contribution in [1.29, 1.82) is 0 Å². The van der Waals surface area contributed by atoms with E-state index in [1.807, 2.05) is 0 Å². The van der Waals surface area contributed by atoms with Gasteiger partial charge in [-0.3, -0.25) is 0 Å². The zero-order valence-corrected chi connectivity index (χ0v) is 23.8. The molecule has 0 aliphatic rings. The predicted molar refractivity (Wildman–Crippen MR) is 128 cm³/mol. The Morgan fingerprint density at radius 3 is 1.78 bits per heavy atom. The van der Waals surface area contributed by atoms with Crippen molar-refractivity contribution in [2.24, 2.45) is 0 Å². The molecule has 4 heteroatoms. The van der Waals surface area contributed by atoms with Crippen LogP contribution in [0.15, 0.2) is 24.3 Å². The molecule has 0 aliphatic carbocycles. The molecular weight excluding hydrogens is 557 g/mol. The van der Waals surface area contributed by atoms with Gasteiger partial charge in [0.25, 0.3) is 0 Å². The van der Waals surface area contributed by atoms with Gasteiger partial charge in [-0.2, -0.15) is 6.07 Å². The zero-order chi connectivity index (χ0) is 17.4. The van der Waals surface area contributed by atoms with E-state index >= 15 is 0 Å². The molecule has 0 aromatic heterocycles. The van der Waals surface area contributed by atoms with Crippen LogP contribution in [0.25, 0.3) is 10.8 Å². The van der Waals surface area contributed by atoms with E-state index in [0.29, 0.717) is 0 Å². The van der Waals surface area contributed by atoms with Crippen LogP contribution >= 0.6 is 32.7 Å². The van der Waals surface area contributed by atoms with Crippen LogP contribution in [0.4, 0.5) is 0 Å². The molecule has 0 nitrogen and oxygen atoms in total. The quantitative estimate of drug-likeness (QED) is 0.106. The maximum absolute atomic E-state index is 2.53. The Morgan fingerprint density at radius 2 is 1.30 bits per heavy atom. The van der Waals surface area contributed by atoms with Gasteiger partial charge < -0.3 is 0 Å². The molecule has 0 spiro atoms. The van der Waals surface area contributed by atoms with Crippen LogP contribution in [0.3, 0.4) is 0 Å². The molecule has 0 aliphatic heterocycles. The number of halogens is 2. The second kappa shape index (κ2) is 16.5. The minimum atomic E-state index is 0. The monoisotopic (exact) mass is 595 g/mol. The van der Waals surface area contributed by atoms with Gasteiger partial charge in [-0.25, -0.2) is 0 Å². The van der Waals surface area contributed by atoms with Crippen molar-refractivity contribution in [3.05, 3.63) is 35.4 Å². The molecule has 0 fully saturated rings. The molecule has 0 heterocycles. The van der Waals surface area contributed by atoms with Crippen molar-refractivity contribution in [3.63, 3.8) is 0 Å². The fourth-order valence-electron chi connectivity index (χ4n) is 3.59. The molecule has 27 heavy (non-hydrogen) atoms. The molecule has 2 rings (SSSR count). The summed E-state index contributed by atoms with van der Waals surface area (Å²) in [7, 11) is 0.0394. The van der Waals surface area contributed by atoms with Crippen LogP contribution < -0.4 is 5.30 Å². The van der Waals surface area contributed by atoms with Gasteiger partial charge in [0.1, 0.15) is 0 Å². The molecule has 0 atom stereocenters. The van der Waals surface area contributed by atoms with Gasteiger partial charge in [-0.1, -0.05) is 78.8 Å². The standard InChI is InChI=1S/C23H36P.2ClH.Hf/c1-5-7-9-11-15-24(16-12-10-8-6-2)21-17-22-19(3)13-14-20(4)23(22)18-21;;;/h13-14,17-18H,5-12,15-16H2,1-4H3;2*1H;/q-1;;;. The number of hydrogen-bond donors (Lipinski definition) is 0. The van der Waals surface area contributed by atoms with Crippen LogP contribution in [-0.2, 0) is 25.8 Å². The smallest absolute Gasteiger partial charge is 0 e. The minimum absolute atomic E-state index is 0. The Balaban J connectivity index is 0. The molecule has 0 saturated heterocycles. The van der Waals surface area contributed by atoms with E-state index in [0.717, 1.165) is 0 Å². The summed E-state index contributed by atoms with van der Waals surface area (Å²) in [6.07, 6.45) is 14.1. The molecule has 2 aromatic carbocycles.